The Kier molecular flexibility index (Phi) is 3.77. The summed E-state index contributed by atoms with van der Waals surface area (Å²) in [4.78, 5) is 10.7. The molecule has 0 aromatic carbocycles. The number of hydrogen-bond acceptors (Lipinski definition) is 4. The van der Waals surface area contributed by atoms with Crippen molar-refractivity contribution < 1.29 is 14.2 Å². The van der Waals surface area contributed by atoms with Crippen LogP contribution >= 0.6 is 8.81 Å². The number of carbonyl (C=O) groups excluding carboxylic acids is 1. The highest BCUT2D eigenvalue weighted by molar-refractivity contribution is 7.32. The largest absolute Gasteiger partial charge is 0.468 e. The van der Waals surface area contributed by atoms with E-state index in [1.165, 1.54) is 7.11 Å². The van der Waals surface area contributed by atoms with Gasteiger partial charge >= 0.3 is 5.97 Å². The summed E-state index contributed by atoms with van der Waals surface area (Å²) in [5.41, 5.74) is 0. The fourth-order valence-corrected chi connectivity index (χ4v) is 1.56. The minimum atomic E-state index is -0.239. The molecule has 1 saturated heterocycles. The SMILES string of the molecule is COC(=O)CN1CCCPO1. The van der Waals surface area contributed by atoms with Gasteiger partial charge in [0.25, 0.3) is 0 Å². The Morgan fingerprint density at radius 1 is 1.82 bits per heavy atom. The molecule has 0 bridgehead atoms. The third-order valence-electron chi connectivity index (χ3n) is 1.41. The predicted octanol–water partition coefficient (Wildman–Crippen LogP) is 0.390. The molecule has 1 atom stereocenters. The third kappa shape index (κ3) is 3.14. The molecular weight excluding hydrogens is 165 g/mol. The molecule has 4 nitrogen and oxygen atoms in total. The van der Waals surface area contributed by atoms with E-state index in [-0.39, 0.29) is 12.5 Å². The first-order valence-corrected chi connectivity index (χ1v) is 4.66. The number of methoxy groups -OCH3 is 1. The highest BCUT2D eigenvalue weighted by Crippen LogP contribution is 2.21. The highest BCUT2D eigenvalue weighted by atomic mass is 31.1. The number of esters is 1. The predicted molar refractivity (Wildman–Crippen MR) is 42.5 cm³/mol. The van der Waals surface area contributed by atoms with Crippen LogP contribution in [0.2, 0.25) is 0 Å². The van der Waals surface area contributed by atoms with Crippen LogP contribution in [0.25, 0.3) is 0 Å². The van der Waals surface area contributed by atoms with Crippen LogP contribution in [-0.4, -0.2) is 37.4 Å². The van der Waals surface area contributed by atoms with E-state index >= 15 is 0 Å². The summed E-state index contributed by atoms with van der Waals surface area (Å²) in [6, 6.07) is 0. The topological polar surface area (TPSA) is 38.8 Å². The van der Waals surface area contributed by atoms with E-state index < -0.39 is 0 Å². The van der Waals surface area contributed by atoms with E-state index in [2.05, 4.69) is 4.74 Å². The highest BCUT2D eigenvalue weighted by Gasteiger charge is 2.14. The Morgan fingerprint density at radius 3 is 3.18 bits per heavy atom. The average Bonchev–Trinajstić information content (AvgIpc) is 2.06. The molecule has 1 aliphatic rings. The van der Waals surface area contributed by atoms with Gasteiger partial charge in [-0.3, -0.25) is 9.42 Å². The molecular formula is C6H12NO3P. The van der Waals surface area contributed by atoms with Crippen LogP contribution in [0.3, 0.4) is 0 Å². The molecule has 0 saturated carbocycles. The fourth-order valence-electron chi connectivity index (χ4n) is 0.830. The molecule has 0 amide bonds. The number of carbonyl (C=O) groups is 1. The molecule has 5 heteroatoms. The van der Waals surface area contributed by atoms with Gasteiger partial charge in [-0.2, -0.15) is 5.06 Å². The minimum absolute atomic E-state index is 0.239. The molecule has 0 spiro atoms. The Bertz CT molecular complexity index is 136. The summed E-state index contributed by atoms with van der Waals surface area (Å²) in [7, 11) is 1.88. The van der Waals surface area contributed by atoms with Crippen LogP contribution < -0.4 is 0 Å². The van der Waals surface area contributed by atoms with Crippen LogP contribution in [0.5, 0.6) is 0 Å². The van der Waals surface area contributed by atoms with Crippen molar-refractivity contribution in [3.8, 4) is 0 Å². The average molecular weight is 177 g/mol. The van der Waals surface area contributed by atoms with Gasteiger partial charge in [0.2, 0.25) is 0 Å². The second kappa shape index (κ2) is 4.65. The van der Waals surface area contributed by atoms with Crippen molar-refractivity contribution in [3.05, 3.63) is 0 Å². The zero-order valence-corrected chi connectivity index (χ0v) is 7.50. The molecule has 0 N–H and O–H groups in total. The standard InChI is InChI=1S/C6H12NO3P/c1-9-6(8)5-7-3-2-4-11-10-7/h11H,2-5H2,1H3. The van der Waals surface area contributed by atoms with Gasteiger partial charge in [-0.25, -0.2) is 0 Å². The monoisotopic (exact) mass is 177 g/mol. The summed E-state index contributed by atoms with van der Waals surface area (Å²) >= 11 is 0. The summed E-state index contributed by atoms with van der Waals surface area (Å²) in [5.74, 6) is -0.239. The Morgan fingerprint density at radius 2 is 2.64 bits per heavy atom. The van der Waals surface area contributed by atoms with Gasteiger partial charge in [0, 0.05) is 15.4 Å². The molecule has 1 fully saturated rings. The van der Waals surface area contributed by atoms with E-state index in [4.69, 9.17) is 4.62 Å². The van der Waals surface area contributed by atoms with E-state index in [1.807, 2.05) is 0 Å². The maximum absolute atomic E-state index is 10.7. The lowest BCUT2D eigenvalue weighted by molar-refractivity contribution is -0.151. The van der Waals surface area contributed by atoms with Crippen molar-refractivity contribution in [1.82, 2.24) is 5.06 Å². The summed E-state index contributed by atoms with van der Waals surface area (Å²) in [6.07, 6.45) is 2.22. The molecule has 1 rings (SSSR count). The van der Waals surface area contributed by atoms with Crippen LogP contribution in [0.4, 0.5) is 0 Å². The second-order valence-corrected chi connectivity index (χ2v) is 3.25. The van der Waals surface area contributed by atoms with Crippen LogP contribution in [0.15, 0.2) is 0 Å². The lowest BCUT2D eigenvalue weighted by Crippen LogP contribution is -2.31. The van der Waals surface area contributed by atoms with Gasteiger partial charge in [0.1, 0.15) is 6.54 Å². The van der Waals surface area contributed by atoms with Gasteiger partial charge in [-0.05, 0) is 12.6 Å². The van der Waals surface area contributed by atoms with Gasteiger partial charge < -0.3 is 4.74 Å². The number of hydroxylamine groups is 2. The van der Waals surface area contributed by atoms with Crippen molar-refractivity contribution in [1.29, 1.82) is 0 Å². The zero-order valence-electron chi connectivity index (χ0n) is 6.50. The number of ether oxygens (including phenoxy) is 1. The molecule has 0 aliphatic carbocycles. The first-order valence-electron chi connectivity index (χ1n) is 3.54. The molecule has 0 aromatic heterocycles. The summed E-state index contributed by atoms with van der Waals surface area (Å²) in [5, 5.41) is 1.66. The molecule has 1 heterocycles. The Hall–Kier alpha value is -0.180. The summed E-state index contributed by atoms with van der Waals surface area (Å²) in [6.45, 7) is 1.09. The number of rotatable bonds is 2. The lowest BCUT2D eigenvalue weighted by Gasteiger charge is -2.24. The summed E-state index contributed by atoms with van der Waals surface area (Å²) < 4.78 is 9.71. The van der Waals surface area contributed by atoms with E-state index in [0.29, 0.717) is 8.81 Å². The first-order chi connectivity index (χ1) is 5.33. The molecule has 64 valence electrons. The molecule has 1 unspecified atom stereocenters. The van der Waals surface area contributed by atoms with Gasteiger partial charge in [0.05, 0.1) is 7.11 Å². The molecule has 0 radical (unpaired) electrons. The van der Waals surface area contributed by atoms with Crippen molar-refractivity contribution >= 4 is 14.8 Å². The van der Waals surface area contributed by atoms with Crippen molar-refractivity contribution in [2.45, 2.75) is 6.42 Å². The van der Waals surface area contributed by atoms with Gasteiger partial charge in [-0.15, -0.1) is 0 Å². The van der Waals surface area contributed by atoms with Gasteiger partial charge in [0.15, 0.2) is 0 Å². The quantitative estimate of drug-likeness (QED) is 0.451. The third-order valence-corrected chi connectivity index (χ3v) is 2.36. The normalized spacial score (nSPS) is 21.9. The zero-order chi connectivity index (χ0) is 8.10. The smallest absolute Gasteiger partial charge is 0.322 e. The van der Waals surface area contributed by atoms with E-state index in [0.717, 1.165) is 19.1 Å². The fraction of sp³-hybridized carbons (Fsp3) is 0.833. The minimum Gasteiger partial charge on any atom is -0.468 e. The van der Waals surface area contributed by atoms with Crippen LogP contribution in [-0.2, 0) is 14.2 Å². The van der Waals surface area contributed by atoms with Crippen molar-refractivity contribution in [2.75, 3.05) is 26.4 Å². The van der Waals surface area contributed by atoms with Crippen LogP contribution in [0, 0.1) is 0 Å². The molecule has 1 aliphatic heterocycles. The van der Waals surface area contributed by atoms with Gasteiger partial charge in [-0.1, -0.05) is 0 Å². The molecule has 0 aromatic rings. The van der Waals surface area contributed by atoms with Crippen molar-refractivity contribution in [2.24, 2.45) is 0 Å². The Labute approximate surface area is 67.7 Å². The maximum Gasteiger partial charge on any atom is 0.322 e. The number of hydrogen-bond donors (Lipinski definition) is 0. The second-order valence-electron chi connectivity index (χ2n) is 2.28. The van der Waals surface area contributed by atoms with Crippen molar-refractivity contribution in [3.63, 3.8) is 0 Å². The van der Waals surface area contributed by atoms with Crippen LogP contribution in [0.1, 0.15) is 6.42 Å². The lowest BCUT2D eigenvalue weighted by atomic mass is 10.4. The first kappa shape index (κ1) is 8.91. The number of nitrogens with zero attached hydrogens (tertiary/aromatic N) is 1. The molecule has 11 heavy (non-hydrogen) atoms. The van der Waals surface area contributed by atoms with E-state index in [1.54, 1.807) is 5.06 Å². The Balaban J connectivity index is 2.19. The van der Waals surface area contributed by atoms with E-state index in [9.17, 15) is 4.79 Å². The maximum atomic E-state index is 10.7.